The molecule has 7 heteroatoms. The molecule has 0 atom stereocenters. The highest BCUT2D eigenvalue weighted by Crippen LogP contribution is 2.23. The SMILES string of the molecule is CN1CCCN(C(=O)c2cccc(S(=O)(=O)N(C)c3ccccc3)c2)CC1. The number of benzene rings is 2. The van der Waals surface area contributed by atoms with Crippen molar-refractivity contribution in [2.45, 2.75) is 11.3 Å². The summed E-state index contributed by atoms with van der Waals surface area (Å²) >= 11 is 0. The molecule has 0 N–H and O–H groups in total. The number of rotatable bonds is 4. The van der Waals surface area contributed by atoms with Gasteiger partial charge < -0.3 is 9.80 Å². The van der Waals surface area contributed by atoms with Gasteiger partial charge in [0.05, 0.1) is 10.6 Å². The average Bonchev–Trinajstić information content (AvgIpc) is 2.92. The Morgan fingerprint density at radius 2 is 1.70 bits per heavy atom. The number of nitrogens with zero attached hydrogens (tertiary/aromatic N) is 3. The molecule has 0 bridgehead atoms. The van der Waals surface area contributed by atoms with Crippen LogP contribution in [0.4, 0.5) is 5.69 Å². The van der Waals surface area contributed by atoms with E-state index >= 15 is 0 Å². The fourth-order valence-corrected chi connectivity index (χ4v) is 4.40. The molecule has 2 aromatic rings. The summed E-state index contributed by atoms with van der Waals surface area (Å²) in [6.45, 7) is 3.11. The number of sulfonamides is 1. The molecule has 144 valence electrons. The molecule has 27 heavy (non-hydrogen) atoms. The summed E-state index contributed by atoms with van der Waals surface area (Å²) in [6.07, 6.45) is 0.914. The van der Waals surface area contributed by atoms with E-state index in [4.69, 9.17) is 0 Å². The van der Waals surface area contributed by atoms with Gasteiger partial charge in [0.15, 0.2) is 0 Å². The topological polar surface area (TPSA) is 60.9 Å². The minimum absolute atomic E-state index is 0.117. The van der Waals surface area contributed by atoms with Crippen LogP contribution in [-0.4, -0.2) is 64.4 Å². The molecule has 1 aliphatic rings. The summed E-state index contributed by atoms with van der Waals surface area (Å²) in [5, 5.41) is 0. The largest absolute Gasteiger partial charge is 0.337 e. The Hall–Kier alpha value is -2.38. The standard InChI is InChI=1S/C20H25N3O3S/c1-21-12-7-13-23(15-14-21)20(24)17-8-6-11-19(16-17)27(25,26)22(2)18-9-4-3-5-10-18/h3-6,8-11,16H,7,12-15H2,1-2H3. The van der Waals surface area contributed by atoms with E-state index in [2.05, 4.69) is 4.90 Å². The molecule has 2 aromatic carbocycles. The summed E-state index contributed by atoms with van der Waals surface area (Å²) in [4.78, 5) is 17.0. The van der Waals surface area contributed by atoms with Gasteiger partial charge in [-0.15, -0.1) is 0 Å². The van der Waals surface area contributed by atoms with Crippen molar-refractivity contribution in [3.63, 3.8) is 0 Å². The van der Waals surface area contributed by atoms with Crippen LogP contribution in [0, 0.1) is 0 Å². The van der Waals surface area contributed by atoms with Gasteiger partial charge in [0.1, 0.15) is 0 Å². The second kappa shape index (κ2) is 8.10. The Labute approximate surface area is 161 Å². The molecule has 0 aromatic heterocycles. The summed E-state index contributed by atoms with van der Waals surface area (Å²) < 4.78 is 27.2. The van der Waals surface area contributed by atoms with Crippen LogP contribution in [0.15, 0.2) is 59.5 Å². The van der Waals surface area contributed by atoms with Crippen LogP contribution in [-0.2, 0) is 10.0 Å². The van der Waals surface area contributed by atoms with Gasteiger partial charge in [-0.1, -0.05) is 24.3 Å². The van der Waals surface area contributed by atoms with Crippen LogP contribution in [0.5, 0.6) is 0 Å². The first kappa shape index (κ1) is 19.4. The molecule has 0 radical (unpaired) electrons. The maximum Gasteiger partial charge on any atom is 0.264 e. The van der Waals surface area contributed by atoms with Crippen molar-refractivity contribution in [2.24, 2.45) is 0 Å². The maximum absolute atomic E-state index is 13.0. The van der Waals surface area contributed by atoms with E-state index < -0.39 is 10.0 Å². The predicted molar refractivity (Wildman–Crippen MR) is 106 cm³/mol. The summed E-state index contributed by atoms with van der Waals surface area (Å²) in [6, 6.07) is 15.2. The number of carbonyl (C=O) groups excluding carboxylic acids is 1. The van der Waals surface area contributed by atoms with E-state index in [9.17, 15) is 13.2 Å². The number of hydrogen-bond acceptors (Lipinski definition) is 4. The number of amides is 1. The highest BCUT2D eigenvalue weighted by molar-refractivity contribution is 7.92. The summed E-state index contributed by atoms with van der Waals surface area (Å²) in [5.74, 6) is -0.121. The molecule has 1 saturated heterocycles. The summed E-state index contributed by atoms with van der Waals surface area (Å²) in [5.41, 5.74) is 0.979. The lowest BCUT2D eigenvalue weighted by Gasteiger charge is -2.22. The lowest BCUT2D eigenvalue weighted by atomic mass is 10.2. The molecular formula is C20H25N3O3S. The van der Waals surface area contributed by atoms with Gasteiger partial charge in [-0.2, -0.15) is 0 Å². The Kier molecular flexibility index (Phi) is 5.82. The molecule has 0 aliphatic carbocycles. The van der Waals surface area contributed by atoms with Gasteiger partial charge in [0.2, 0.25) is 0 Å². The molecular weight excluding hydrogens is 362 g/mol. The van der Waals surface area contributed by atoms with E-state index in [-0.39, 0.29) is 10.8 Å². The van der Waals surface area contributed by atoms with Crippen LogP contribution in [0.1, 0.15) is 16.8 Å². The number of likely N-dealkylation sites (N-methyl/N-ethyl adjacent to an activating group) is 1. The van der Waals surface area contributed by atoms with Crippen LogP contribution < -0.4 is 4.31 Å². The van der Waals surface area contributed by atoms with Crippen molar-refractivity contribution in [3.8, 4) is 0 Å². The third-order valence-corrected chi connectivity index (χ3v) is 6.65. The lowest BCUT2D eigenvalue weighted by molar-refractivity contribution is 0.0762. The zero-order valence-electron chi connectivity index (χ0n) is 15.7. The zero-order valence-corrected chi connectivity index (χ0v) is 16.5. The second-order valence-electron chi connectivity index (χ2n) is 6.78. The molecule has 3 rings (SSSR count). The van der Waals surface area contributed by atoms with Gasteiger partial charge in [0, 0.05) is 32.2 Å². The Bertz CT molecular complexity index is 900. The number of hydrogen-bond donors (Lipinski definition) is 0. The van der Waals surface area contributed by atoms with Crippen molar-refractivity contribution in [2.75, 3.05) is 44.6 Å². The quantitative estimate of drug-likeness (QED) is 0.808. The van der Waals surface area contributed by atoms with E-state index in [0.29, 0.717) is 24.3 Å². The average molecular weight is 388 g/mol. The molecule has 6 nitrogen and oxygen atoms in total. The van der Waals surface area contributed by atoms with Crippen molar-refractivity contribution in [1.82, 2.24) is 9.80 Å². The van der Waals surface area contributed by atoms with E-state index in [1.165, 1.54) is 23.5 Å². The third-order valence-electron chi connectivity index (χ3n) is 4.87. The van der Waals surface area contributed by atoms with Gasteiger partial charge >= 0.3 is 0 Å². The fraction of sp³-hybridized carbons (Fsp3) is 0.350. The molecule has 1 fully saturated rings. The van der Waals surface area contributed by atoms with E-state index in [0.717, 1.165) is 19.5 Å². The highest BCUT2D eigenvalue weighted by Gasteiger charge is 2.24. The normalized spacial score (nSPS) is 16.0. The van der Waals surface area contributed by atoms with Crippen molar-refractivity contribution < 1.29 is 13.2 Å². The number of para-hydroxylation sites is 1. The van der Waals surface area contributed by atoms with E-state index in [1.807, 2.05) is 13.1 Å². The first-order chi connectivity index (χ1) is 12.9. The molecule has 0 unspecified atom stereocenters. The minimum Gasteiger partial charge on any atom is -0.337 e. The van der Waals surface area contributed by atoms with Gasteiger partial charge in [-0.05, 0) is 50.3 Å². The molecule has 0 saturated carbocycles. The molecule has 1 heterocycles. The highest BCUT2D eigenvalue weighted by atomic mass is 32.2. The van der Waals surface area contributed by atoms with Crippen LogP contribution in [0.2, 0.25) is 0 Å². The lowest BCUT2D eigenvalue weighted by Crippen LogP contribution is -2.34. The molecule has 1 amide bonds. The first-order valence-electron chi connectivity index (χ1n) is 9.01. The maximum atomic E-state index is 13.0. The molecule has 1 aliphatic heterocycles. The second-order valence-corrected chi connectivity index (χ2v) is 8.75. The number of carbonyl (C=O) groups is 1. The van der Waals surface area contributed by atoms with Crippen LogP contribution >= 0.6 is 0 Å². The minimum atomic E-state index is -3.74. The number of anilines is 1. The van der Waals surface area contributed by atoms with Gasteiger partial charge in [0.25, 0.3) is 15.9 Å². The van der Waals surface area contributed by atoms with Gasteiger partial charge in [-0.3, -0.25) is 9.10 Å². The van der Waals surface area contributed by atoms with Crippen molar-refractivity contribution in [3.05, 3.63) is 60.2 Å². The Morgan fingerprint density at radius 3 is 2.44 bits per heavy atom. The predicted octanol–water partition coefficient (Wildman–Crippen LogP) is 2.29. The van der Waals surface area contributed by atoms with Crippen molar-refractivity contribution >= 4 is 21.6 Å². The monoisotopic (exact) mass is 387 g/mol. The smallest absolute Gasteiger partial charge is 0.264 e. The van der Waals surface area contributed by atoms with Crippen molar-refractivity contribution in [1.29, 1.82) is 0 Å². The Balaban J connectivity index is 1.85. The van der Waals surface area contributed by atoms with Gasteiger partial charge in [-0.25, -0.2) is 8.42 Å². The zero-order chi connectivity index (χ0) is 19.4. The fourth-order valence-electron chi connectivity index (χ4n) is 3.16. The summed E-state index contributed by atoms with van der Waals surface area (Å²) in [7, 11) is -0.180. The first-order valence-corrected chi connectivity index (χ1v) is 10.5. The van der Waals surface area contributed by atoms with Crippen LogP contribution in [0.3, 0.4) is 0 Å². The van der Waals surface area contributed by atoms with E-state index in [1.54, 1.807) is 41.3 Å². The Morgan fingerprint density at radius 1 is 0.963 bits per heavy atom. The molecule has 0 spiro atoms. The third kappa shape index (κ3) is 4.31. The van der Waals surface area contributed by atoms with Crippen LogP contribution in [0.25, 0.3) is 0 Å².